The van der Waals surface area contributed by atoms with E-state index in [9.17, 15) is 14.9 Å². The van der Waals surface area contributed by atoms with Gasteiger partial charge in [-0.15, -0.1) is 10.2 Å². The third-order valence-electron chi connectivity index (χ3n) is 3.78. The van der Waals surface area contributed by atoms with Crippen LogP contribution in [0.1, 0.15) is 0 Å². The van der Waals surface area contributed by atoms with Crippen LogP contribution >= 0.6 is 11.8 Å². The fraction of sp³-hybridized carbons (Fsp3) is 0.176. The van der Waals surface area contributed by atoms with Crippen LogP contribution in [0.4, 0.5) is 11.4 Å². The summed E-state index contributed by atoms with van der Waals surface area (Å²) in [4.78, 5) is 26.8. The highest BCUT2D eigenvalue weighted by Gasteiger charge is 2.18. The summed E-state index contributed by atoms with van der Waals surface area (Å²) in [5, 5.41) is 22.5. The zero-order valence-corrected chi connectivity index (χ0v) is 15.8. The quantitative estimate of drug-likeness (QED) is 0.364. The maximum Gasteiger partial charge on any atom is 0.296 e. The van der Waals surface area contributed by atoms with Crippen molar-refractivity contribution in [3.63, 3.8) is 0 Å². The summed E-state index contributed by atoms with van der Waals surface area (Å²) in [6.45, 7) is 0. The summed E-state index contributed by atoms with van der Waals surface area (Å²) in [5.74, 6) is 0.607. The normalized spacial score (nSPS) is 10.5. The maximum atomic E-state index is 12.3. The van der Waals surface area contributed by atoms with E-state index in [1.807, 2.05) is 12.1 Å². The van der Waals surface area contributed by atoms with Crippen molar-refractivity contribution in [3.8, 4) is 17.1 Å². The van der Waals surface area contributed by atoms with Crippen molar-refractivity contribution in [2.45, 2.75) is 5.16 Å². The molecule has 144 valence electrons. The molecule has 0 aliphatic rings. The number of thioether (sulfide) groups is 1. The van der Waals surface area contributed by atoms with E-state index in [1.54, 1.807) is 30.1 Å². The molecule has 3 aromatic rings. The number of pyridine rings is 1. The molecule has 0 radical (unpaired) electrons. The average molecular weight is 400 g/mol. The van der Waals surface area contributed by atoms with Crippen LogP contribution < -0.4 is 10.1 Å². The SMILES string of the molecule is COc1ccc(NC(=O)CSc2nnc(-c3ccncc3)n2C)c([N+](=O)[O-])c1. The lowest BCUT2D eigenvalue weighted by Gasteiger charge is -2.07. The van der Waals surface area contributed by atoms with Crippen molar-refractivity contribution < 1.29 is 14.5 Å². The summed E-state index contributed by atoms with van der Waals surface area (Å²) in [6, 6.07) is 7.86. The monoisotopic (exact) mass is 400 g/mol. The Kier molecular flexibility index (Phi) is 5.84. The van der Waals surface area contributed by atoms with E-state index in [0.717, 1.165) is 5.56 Å². The Balaban J connectivity index is 1.67. The van der Waals surface area contributed by atoms with Gasteiger partial charge < -0.3 is 14.6 Å². The van der Waals surface area contributed by atoms with Gasteiger partial charge in [-0.2, -0.15) is 0 Å². The first kappa shape index (κ1) is 19.3. The van der Waals surface area contributed by atoms with Gasteiger partial charge in [0, 0.05) is 25.0 Å². The second kappa shape index (κ2) is 8.48. The van der Waals surface area contributed by atoms with Crippen LogP contribution in [-0.4, -0.2) is 43.4 Å². The Morgan fingerprint density at radius 3 is 2.71 bits per heavy atom. The molecule has 0 bridgehead atoms. The number of amides is 1. The van der Waals surface area contributed by atoms with Gasteiger partial charge in [0.25, 0.3) is 5.69 Å². The van der Waals surface area contributed by atoms with Crippen LogP contribution in [0.3, 0.4) is 0 Å². The van der Waals surface area contributed by atoms with Gasteiger partial charge in [0.15, 0.2) is 11.0 Å². The van der Waals surface area contributed by atoms with Crippen molar-refractivity contribution in [2.24, 2.45) is 7.05 Å². The second-order valence-corrected chi connectivity index (χ2v) is 6.52. The summed E-state index contributed by atoms with van der Waals surface area (Å²) >= 11 is 1.18. The van der Waals surface area contributed by atoms with E-state index in [2.05, 4.69) is 20.5 Å². The zero-order chi connectivity index (χ0) is 20.1. The number of hydrogen-bond donors (Lipinski definition) is 1. The molecule has 0 atom stereocenters. The van der Waals surface area contributed by atoms with Crippen LogP contribution in [0.2, 0.25) is 0 Å². The topological polar surface area (TPSA) is 125 Å². The molecule has 3 rings (SSSR count). The van der Waals surface area contributed by atoms with Crippen LogP contribution in [0.25, 0.3) is 11.4 Å². The predicted octanol–water partition coefficient (Wildman–Crippen LogP) is 2.52. The highest BCUT2D eigenvalue weighted by atomic mass is 32.2. The van der Waals surface area contributed by atoms with E-state index in [1.165, 1.54) is 31.0 Å². The van der Waals surface area contributed by atoms with Gasteiger partial charge in [-0.25, -0.2) is 0 Å². The molecule has 2 heterocycles. The van der Waals surface area contributed by atoms with Gasteiger partial charge in [0.05, 0.1) is 23.9 Å². The number of carbonyl (C=O) groups excluding carboxylic acids is 1. The molecule has 0 spiro atoms. The van der Waals surface area contributed by atoms with Crippen molar-refractivity contribution in [1.29, 1.82) is 0 Å². The molecule has 10 nitrogen and oxygen atoms in total. The number of aromatic nitrogens is 4. The Morgan fingerprint density at radius 1 is 1.29 bits per heavy atom. The van der Waals surface area contributed by atoms with E-state index in [-0.39, 0.29) is 17.1 Å². The molecular weight excluding hydrogens is 384 g/mol. The van der Waals surface area contributed by atoms with Gasteiger partial charge in [-0.05, 0) is 24.3 Å². The minimum atomic E-state index is -0.574. The number of rotatable bonds is 7. The molecule has 1 N–H and O–H groups in total. The van der Waals surface area contributed by atoms with E-state index in [4.69, 9.17) is 4.74 Å². The number of nitro benzene ring substituents is 1. The highest BCUT2D eigenvalue weighted by molar-refractivity contribution is 7.99. The van der Waals surface area contributed by atoms with Crippen molar-refractivity contribution in [1.82, 2.24) is 19.7 Å². The molecule has 0 fully saturated rings. The first-order chi connectivity index (χ1) is 13.5. The molecule has 1 aromatic carbocycles. The van der Waals surface area contributed by atoms with Gasteiger partial charge >= 0.3 is 0 Å². The summed E-state index contributed by atoms with van der Waals surface area (Å²) in [6.07, 6.45) is 3.32. The number of hydrogen-bond acceptors (Lipinski definition) is 8. The lowest BCUT2D eigenvalue weighted by Crippen LogP contribution is -2.15. The lowest BCUT2D eigenvalue weighted by atomic mass is 10.2. The number of nitro groups is 1. The van der Waals surface area contributed by atoms with Crippen molar-refractivity contribution in [2.75, 3.05) is 18.2 Å². The number of ether oxygens (including phenoxy) is 1. The molecule has 2 aromatic heterocycles. The van der Waals surface area contributed by atoms with Gasteiger partial charge in [-0.3, -0.25) is 19.9 Å². The Bertz CT molecular complexity index is 1010. The maximum absolute atomic E-state index is 12.3. The third kappa shape index (κ3) is 4.26. The largest absolute Gasteiger partial charge is 0.496 e. The third-order valence-corrected chi connectivity index (χ3v) is 4.80. The van der Waals surface area contributed by atoms with Gasteiger partial charge in [0.1, 0.15) is 11.4 Å². The molecule has 1 amide bonds. The van der Waals surface area contributed by atoms with Crippen molar-refractivity contribution >= 4 is 29.0 Å². The molecule has 11 heteroatoms. The number of anilines is 1. The fourth-order valence-electron chi connectivity index (χ4n) is 2.40. The standard InChI is InChI=1S/C17H16N6O4S/c1-22-16(11-5-7-18-8-6-11)20-21-17(22)28-10-15(24)19-13-4-3-12(27-2)9-14(13)23(25)26/h3-9H,10H2,1-2H3,(H,19,24). The van der Waals surface area contributed by atoms with E-state index in [0.29, 0.717) is 16.7 Å². The number of carbonyl (C=O) groups is 1. The van der Waals surface area contributed by atoms with Crippen LogP contribution in [-0.2, 0) is 11.8 Å². The lowest BCUT2D eigenvalue weighted by molar-refractivity contribution is -0.384. The first-order valence-electron chi connectivity index (χ1n) is 8.04. The molecular formula is C17H16N6O4S. The van der Waals surface area contributed by atoms with Crippen LogP contribution in [0, 0.1) is 10.1 Å². The summed E-state index contributed by atoms with van der Waals surface area (Å²) in [5.41, 5.74) is 0.721. The molecule has 0 saturated heterocycles. The molecule has 0 aliphatic carbocycles. The second-order valence-electron chi connectivity index (χ2n) is 5.58. The number of benzene rings is 1. The number of nitrogens with one attached hydrogen (secondary N) is 1. The highest BCUT2D eigenvalue weighted by Crippen LogP contribution is 2.29. The fourth-order valence-corrected chi connectivity index (χ4v) is 3.12. The molecule has 0 saturated carbocycles. The number of methoxy groups -OCH3 is 1. The number of nitrogens with zero attached hydrogens (tertiary/aromatic N) is 5. The van der Waals surface area contributed by atoms with Crippen LogP contribution in [0.15, 0.2) is 47.9 Å². The van der Waals surface area contributed by atoms with Crippen LogP contribution in [0.5, 0.6) is 5.75 Å². The Hall–Kier alpha value is -3.47. The van der Waals surface area contributed by atoms with Gasteiger partial charge in [-0.1, -0.05) is 11.8 Å². The first-order valence-corrected chi connectivity index (χ1v) is 9.03. The summed E-state index contributed by atoms with van der Waals surface area (Å²) < 4.78 is 6.75. The summed E-state index contributed by atoms with van der Waals surface area (Å²) in [7, 11) is 3.21. The smallest absolute Gasteiger partial charge is 0.296 e. The minimum absolute atomic E-state index is 0.0193. The molecule has 0 aliphatic heterocycles. The zero-order valence-electron chi connectivity index (χ0n) is 15.0. The molecule has 28 heavy (non-hydrogen) atoms. The van der Waals surface area contributed by atoms with Gasteiger partial charge in [0.2, 0.25) is 5.91 Å². The Labute approximate surface area is 164 Å². The Morgan fingerprint density at radius 2 is 2.04 bits per heavy atom. The molecule has 0 unspecified atom stereocenters. The van der Waals surface area contributed by atoms with E-state index < -0.39 is 10.8 Å². The predicted molar refractivity (Wildman–Crippen MR) is 103 cm³/mol. The minimum Gasteiger partial charge on any atom is -0.496 e. The average Bonchev–Trinajstić information content (AvgIpc) is 3.07. The van der Waals surface area contributed by atoms with E-state index >= 15 is 0 Å². The van der Waals surface area contributed by atoms with Crippen molar-refractivity contribution in [3.05, 3.63) is 52.8 Å².